The lowest BCUT2D eigenvalue weighted by Crippen LogP contribution is -2.15. The quantitative estimate of drug-likeness (QED) is 0.742. The summed E-state index contributed by atoms with van der Waals surface area (Å²) in [6.45, 7) is 8.15. The smallest absolute Gasteiger partial charge is 0.344 e. The molecule has 0 atom stereocenters. The Bertz CT molecular complexity index is 438. The van der Waals surface area contributed by atoms with E-state index in [0.29, 0.717) is 12.4 Å². The van der Waals surface area contributed by atoms with Gasteiger partial charge in [-0.3, -0.25) is 0 Å². The monoisotopic (exact) mass is 266 g/mol. The molecule has 0 saturated carbocycles. The van der Waals surface area contributed by atoms with Crippen LogP contribution in [0.1, 0.15) is 37.8 Å². The predicted molar refractivity (Wildman–Crippen MR) is 73.9 cm³/mol. The Morgan fingerprint density at radius 1 is 1.26 bits per heavy atom. The van der Waals surface area contributed by atoms with E-state index in [-0.39, 0.29) is 18.5 Å². The third-order valence-corrected chi connectivity index (χ3v) is 2.80. The van der Waals surface area contributed by atoms with Gasteiger partial charge in [0.15, 0.2) is 6.61 Å². The molecule has 0 unspecified atom stereocenters. The van der Waals surface area contributed by atoms with Gasteiger partial charge in [0.2, 0.25) is 0 Å². The van der Waals surface area contributed by atoms with E-state index in [1.165, 1.54) is 0 Å². The molecule has 0 aliphatic heterocycles. The molecule has 0 saturated heterocycles. The molecule has 0 fully saturated rings. The van der Waals surface area contributed by atoms with Gasteiger partial charge in [-0.05, 0) is 37.5 Å². The normalized spacial score (nSPS) is 10.4. The molecule has 19 heavy (non-hydrogen) atoms. The van der Waals surface area contributed by atoms with Crippen LogP contribution in [0, 0.1) is 6.92 Å². The highest BCUT2D eigenvalue weighted by atomic mass is 16.6. The van der Waals surface area contributed by atoms with Crippen molar-refractivity contribution in [3.05, 3.63) is 23.3 Å². The Balaban J connectivity index is 2.92. The minimum atomic E-state index is -0.356. The SMILES string of the molecule is CCOC(=O)COc1cc(C)c(OC)cc1C(C)C. The number of rotatable bonds is 6. The first-order valence-electron chi connectivity index (χ1n) is 6.46. The van der Waals surface area contributed by atoms with Gasteiger partial charge in [-0.25, -0.2) is 4.79 Å². The molecule has 4 heteroatoms. The zero-order valence-corrected chi connectivity index (χ0v) is 12.3. The molecule has 1 aromatic carbocycles. The van der Waals surface area contributed by atoms with Crippen molar-refractivity contribution in [2.75, 3.05) is 20.3 Å². The summed E-state index contributed by atoms with van der Waals surface area (Å²) in [5.74, 6) is 1.46. The maximum Gasteiger partial charge on any atom is 0.344 e. The summed E-state index contributed by atoms with van der Waals surface area (Å²) in [5.41, 5.74) is 2.00. The van der Waals surface area contributed by atoms with Crippen molar-refractivity contribution in [2.45, 2.75) is 33.6 Å². The second kappa shape index (κ2) is 7.02. The standard InChI is InChI=1S/C15H22O4/c1-6-18-15(16)9-19-14-7-11(4)13(17-5)8-12(14)10(2)3/h7-8,10H,6,9H2,1-5H3. The van der Waals surface area contributed by atoms with Gasteiger partial charge in [-0.1, -0.05) is 13.8 Å². The highest BCUT2D eigenvalue weighted by Gasteiger charge is 2.13. The zero-order chi connectivity index (χ0) is 14.4. The molecule has 106 valence electrons. The van der Waals surface area contributed by atoms with E-state index < -0.39 is 0 Å². The lowest BCUT2D eigenvalue weighted by atomic mass is 10.00. The van der Waals surface area contributed by atoms with E-state index in [1.54, 1.807) is 14.0 Å². The fraction of sp³-hybridized carbons (Fsp3) is 0.533. The first-order chi connectivity index (χ1) is 8.99. The Morgan fingerprint density at radius 2 is 1.95 bits per heavy atom. The molecule has 0 bridgehead atoms. The van der Waals surface area contributed by atoms with Crippen molar-refractivity contribution in [2.24, 2.45) is 0 Å². The van der Waals surface area contributed by atoms with E-state index in [1.807, 2.05) is 19.1 Å². The Hall–Kier alpha value is -1.71. The van der Waals surface area contributed by atoms with Gasteiger partial charge < -0.3 is 14.2 Å². The average molecular weight is 266 g/mol. The number of ether oxygens (including phenoxy) is 3. The topological polar surface area (TPSA) is 44.8 Å². The highest BCUT2D eigenvalue weighted by molar-refractivity contribution is 5.71. The lowest BCUT2D eigenvalue weighted by molar-refractivity contribution is -0.145. The molecule has 0 N–H and O–H groups in total. The largest absolute Gasteiger partial charge is 0.496 e. The van der Waals surface area contributed by atoms with Crippen LogP contribution in [0.2, 0.25) is 0 Å². The average Bonchev–Trinajstić information content (AvgIpc) is 2.36. The maximum absolute atomic E-state index is 11.3. The molecule has 0 heterocycles. The van der Waals surface area contributed by atoms with Crippen molar-refractivity contribution >= 4 is 5.97 Å². The minimum Gasteiger partial charge on any atom is -0.496 e. The lowest BCUT2D eigenvalue weighted by Gasteiger charge is -2.16. The van der Waals surface area contributed by atoms with Crippen molar-refractivity contribution in [3.8, 4) is 11.5 Å². The van der Waals surface area contributed by atoms with Crippen molar-refractivity contribution in [1.29, 1.82) is 0 Å². The van der Waals surface area contributed by atoms with E-state index in [2.05, 4.69) is 13.8 Å². The fourth-order valence-electron chi connectivity index (χ4n) is 1.81. The first-order valence-corrected chi connectivity index (χ1v) is 6.46. The molecule has 0 aliphatic carbocycles. The van der Waals surface area contributed by atoms with Crippen LogP contribution in [0.4, 0.5) is 0 Å². The summed E-state index contributed by atoms with van der Waals surface area (Å²) in [7, 11) is 1.64. The summed E-state index contributed by atoms with van der Waals surface area (Å²) >= 11 is 0. The molecule has 0 aromatic heterocycles. The first kappa shape index (κ1) is 15.3. The number of carbonyl (C=O) groups excluding carboxylic acids is 1. The van der Waals surface area contributed by atoms with Crippen molar-refractivity contribution in [3.63, 3.8) is 0 Å². The second-order valence-electron chi connectivity index (χ2n) is 4.61. The van der Waals surface area contributed by atoms with Crippen LogP contribution in [-0.2, 0) is 9.53 Å². The summed E-state index contributed by atoms with van der Waals surface area (Å²) < 4.78 is 15.7. The molecular formula is C15H22O4. The van der Waals surface area contributed by atoms with E-state index >= 15 is 0 Å². The molecule has 0 spiro atoms. The van der Waals surface area contributed by atoms with Crippen LogP contribution in [0.3, 0.4) is 0 Å². The second-order valence-corrected chi connectivity index (χ2v) is 4.61. The van der Waals surface area contributed by atoms with Crippen LogP contribution in [0.5, 0.6) is 11.5 Å². The number of hydrogen-bond donors (Lipinski definition) is 0. The number of esters is 1. The van der Waals surface area contributed by atoms with Crippen molar-refractivity contribution in [1.82, 2.24) is 0 Å². The molecule has 0 radical (unpaired) electrons. The van der Waals surface area contributed by atoms with Gasteiger partial charge in [0, 0.05) is 5.56 Å². The van der Waals surface area contributed by atoms with Crippen LogP contribution in [0.15, 0.2) is 12.1 Å². The number of aryl methyl sites for hydroxylation is 1. The molecule has 0 amide bonds. The summed E-state index contributed by atoms with van der Waals surface area (Å²) in [6, 6.07) is 3.86. The summed E-state index contributed by atoms with van der Waals surface area (Å²) in [4.78, 5) is 11.3. The third-order valence-electron chi connectivity index (χ3n) is 2.80. The van der Waals surface area contributed by atoms with Crippen LogP contribution < -0.4 is 9.47 Å². The number of carbonyl (C=O) groups is 1. The number of methoxy groups -OCH3 is 1. The molecular weight excluding hydrogens is 244 g/mol. The Kier molecular flexibility index (Phi) is 5.67. The highest BCUT2D eigenvalue weighted by Crippen LogP contribution is 2.33. The Morgan fingerprint density at radius 3 is 2.47 bits per heavy atom. The number of hydrogen-bond acceptors (Lipinski definition) is 4. The third kappa shape index (κ3) is 4.16. The summed E-state index contributed by atoms with van der Waals surface area (Å²) in [6.07, 6.45) is 0. The fourth-order valence-corrected chi connectivity index (χ4v) is 1.81. The Labute approximate surface area is 114 Å². The van der Waals surface area contributed by atoms with Crippen LogP contribution >= 0.6 is 0 Å². The minimum absolute atomic E-state index is 0.0701. The van der Waals surface area contributed by atoms with Gasteiger partial charge >= 0.3 is 5.97 Å². The van der Waals surface area contributed by atoms with Gasteiger partial charge in [0.1, 0.15) is 11.5 Å². The molecule has 1 aromatic rings. The molecule has 1 rings (SSSR count). The molecule has 0 aliphatic rings. The van der Waals surface area contributed by atoms with Crippen LogP contribution in [0.25, 0.3) is 0 Å². The zero-order valence-electron chi connectivity index (χ0n) is 12.3. The van der Waals surface area contributed by atoms with E-state index in [0.717, 1.165) is 16.9 Å². The van der Waals surface area contributed by atoms with E-state index in [9.17, 15) is 4.79 Å². The van der Waals surface area contributed by atoms with Gasteiger partial charge in [0.25, 0.3) is 0 Å². The van der Waals surface area contributed by atoms with E-state index in [4.69, 9.17) is 14.2 Å². The predicted octanol–water partition coefficient (Wildman–Crippen LogP) is 3.07. The van der Waals surface area contributed by atoms with Gasteiger partial charge in [0.05, 0.1) is 13.7 Å². The van der Waals surface area contributed by atoms with Gasteiger partial charge in [-0.2, -0.15) is 0 Å². The number of benzene rings is 1. The van der Waals surface area contributed by atoms with Gasteiger partial charge in [-0.15, -0.1) is 0 Å². The van der Waals surface area contributed by atoms with Crippen LogP contribution in [-0.4, -0.2) is 26.3 Å². The maximum atomic E-state index is 11.3. The van der Waals surface area contributed by atoms with Crippen molar-refractivity contribution < 1.29 is 19.0 Å². The summed E-state index contributed by atoms with van der Waals surface area (Å²) in [5, 5.41) is 0. The molecule has 4 nitrogen and oxygen atoms in total.